The van der Waals surface area contributed by atoms with Crippen LogP contribution in [0.5, 0.6) is 0 Å². The molecule has 1 rings (SSSR count). The zero-order valence-electron chi connectivity index (χ0n) is 12.0. The second-order valence-corrected chi connectivity index (χ2v) is 6.18. The van der Waals surface area contributed by atoms with Crippen LogP contribution in [0.3, 0.4) is 0 Å². The minimum Gasteiger partial charge on any atom is -0.375 e. The van der Waals surface area contributed by atoms with Gasteiger partial charge in [-0.25, -0.2) is 0 Å². The standard InChI is InChI=1S/C14H30N2O/c1-5-12-6-7-16(13(10-12)11-15)8-9-17-14(2,3)4/h12-13H,5-11,15H2,1-4H3. The summed E-state index contributed by atoms with van der Waals surface area (Å²) < 4.78 is 5.80. The van der Waals surface area contributed by atoms with Gasteiger partial charge < -0.3 is 10.5 Å². The highest BCUT2D eigenvalue weighted by Gasteiger charge is 2.26. The molecule has 2 N–H and O–H groups in total. The average molecular weight is 242 g/mol. The van der Waals surface area contributed by atoms with Gasteiger partial charge in [0.15, 0.2) is 0 Å². The van der Waals surface area contributed by atoms with Crippen LogP contribution in [0.15, 0.2) is 0 Å². The topological polar surface area (TPSA) is 38.5 Å². The lowest BCUT2D eigenvalue weighted by molar-refractivity contribution is -0.0232. The van der Waals surface area contributed by atoms with Crippen molar-refractivity contribution in [3.63, 3.8) is 0 Å². The third-order valence-electron chi connectivity index (χ3n) is 3.71. The number of hydrogen-bond donors (Lipinski definition) is 1. The van der Waals surface area contributed by atoms with E-state index in [9.17, 15) is 0 Å². The molecular formula is C14H30N2O. The molecule has 3 nitrogen and oxygen atoms in total. The van der Waals surface area contributed by atoms with E-state index in [0.717, 1.165) is 25.6 Å². The molecule has 0 aromatic rings. The second-order valence-electron chi connectivity index (χ2n) is 6.18. The molecule has 1 heterocycles. The monoisotopic (exact) mass is 242 g/mol. The molecule has 1 aliphatic rings. The Morgan fingerprint density at radius 3 is 2.59 bits per heavy atom. The van der Waals surface area contributed by atoms with Gasteiger partial charge in [-0.3, -0.25) is 4.90 Å². The fraction of sp³-hybridized carbons (Fsp3) is 1.00. The molecule has 2 atom stereocenters. The number of hydrogen-bond acceptors (Lipinski definition) is 3. The number of rotatable bonds is 5. The van der Waals surface area contributed by atoms with E-state index in [0.29, 0.717) is 6.04 Å². The smallest absolute Gasteiger partial charge is 0.0600 e. The van der Waals surface area contributed by atoms with E-state index in [4.69, 9.17) is 10.5 Å². The first kappa shape index (κ1) is 14.9. The molecule has 0 aromatic carbocycles. The van der Waals surface area contributed by atoms with Crippen LogP contribution in [-0.4, -0.2) is 42.8 Å². The van der Waals surface area contributed by atoms with Gasteiger partial charge in [-0.05, 0) is 46.1 Å². The highest BCUT2D eigenvalue weighted by Crippen LogP contribution is 2.24. The Bertz CT molecular complexity index is 213. The predicted molar refractivity (Wildman–Crippen MR) is 73.1 cm³/mol. The summed E-state index contributed by atoms with van der Waals surface area (Å²) in [6.07, 6.45) is 3.88. The highest BCUT2D eigenvalue weighted by molar-refractivity contribution is 4.82. The van der Waals surface area contributed by atoms with Gasteiger partial charge in [0.2, 0.25) is 0 Å². The van der Waals surface area contributed by atoms with Crippen molar-refractivity contribution in [1.29, 1.82) is 0 Å². The van der Waals surface area contributed by atoms with E-state index < -0.39 is 0 Å². The van der Waals surface area contributed by atoms with Gasteiger partial charge in [-0.15, -0.1) is 0 Å². The Balaban J connectivity index is 2.32. The summed E-state index contributed by atoms with van der Waals surface area (Å²) in [6, 6.07) is 0.567. The van der Waals surface area contributed by atoms with Crippen molar-refractivity contribution in [2.24, 2.45) is 11.7 Å². The second kappa shape index (κ2) is 6.72. The molecule has 1 saturated heterocycles. The van der Waals surface area contributed by atoms with Crippen molar-refractivity contribution in [2.75, 3.05) is 26.2 Å². The molecule has 102 valence electrons. The first-order valence-corrected chi connectivity index (χ1v) is 7.04. The average Bonchev–Trinajstić information content (AvgIpc) is 2.27. The zero-order chi connectivity index (χ0) is 12.9. The Kier molecular flexibility index (Phi) is 5.90. The van der Waals surface area contributed by atoms with E-state index in [2.05, 4.69) is 32.6 Å². The molecule has 2 unspecified atom stereocenters. The molecule has 3 heteroatoms. The summed E-state index contributed by atoms with van der Waals surface area (Å²) in [7, 11) is 0. The molecule has 0 aliphatic carbocycles. The predicted octanol–water partition coefficient (Wildman–Crippen LogP) is 2.25. The van der Waals surface area contributed by atoms with E-state index in [1.165, 1.54) is 25.8 Å². The van der Waals surface area contributed by atoms with Gasteiger partial charge in [-0.2, -0.15) is 0 Å². The van der Waals surface area contributed by atoms with Gasteiger partial charge in [0.1, 0.15) is 0 Å². The van der Waals surface area contributed by atoms with Crippen LogP contribution in [-0.2, 0) is 4.74 Å². The van der Waals surface area contributed by atoms with Crippen molar-refractivity contribution < 1.29 is 4.74 Å². The van der Waals surface area contributed by atoms with Crippen LogP contribution in [0, 0.1) is 5.92 Å². The van der Waals surface area contributed by atoms with Gasteiger partial charge in [-0.1, -0.05) is 13.3 Å². The maximum Gasteiger partial charge on any atom is 0.0600 e. The Morgan fingerprint density at radius 1 is 1.35 bits per heavy atom. The highest BCUT2D eigenvalue weighted by atomic mass is 16.5. The lowest BCUT2D eigenvalue weighted by Gasteiger charge is -2.39. The van der Waals surface area contributed by atoms with Crippen molar-refractivity contribution >= 4 is 0 Å². The Morgan fingerprint density at radius 2 is 2.06 bits per heavy atom. The fourth-order valence-electron chi connectivity index (χ4n) is 2.56. The van der Waals surface area contributed by atoms with Gasteiger partial charge >= 0.3 is 0 Å². The molecule has 0 saturated carbocycles. The van der Waals surface area contributed by atoms with E-state index >= 15 is 0 Å². The quantitative estimate of drug-likeness (QED) is 0.803. The van der Waals surface area contributed by atoms with E-state index in [-0.39, 0.29) is 5.60 Å². The van der Waals surface area contributed by atoms with Gasteiger partial charge in [0.25, 0.3) is 0 Å². The minimum absolute atomic E-state index is 0.0278. The van der Waals surface area contributed by atoms with E-state index in [1.807, 2.05) is 0 Å². The summed E-state index contributed by atoms with van der Waals surface area (Å²) in [5, 5.41) is 0. The molecular weight excluding hydrogens is 212 g/mol. The zero-order valence-corrected chi connectivity index (χ0v) is 12.0. The molecule has 0 amide bonds. The third kappa shape index (κ3) is 5.36. The molecule has 0 radical (unpaired) electrons. The van der Waals surface area contributed by atoms with Crippen LogP contribution in [0.2, 0.25) is 0 Å². The van der Waals surface area contributed by atoms with Crippen LogP contribution >= 0.6 is 0 Å². The first-order valence-electron chi connectivity index (χ1n) is 7.04. The summed E-state index contributed by atoms with van der Waals surface area (Å²) >= 11 is 0. The Hall–Kier alpha value is -0.120. The maximum atomic E-state index is 5.89. The van der Waals surface area contributed by atoms with Crippen LogP contribution < -0.4 is 5.73 Å². The van der Waals surface area contributed by atoms with Crippen LogP contribution in [0.1, 0.15) is 47.0 Å². The van der Waals surface area contributed by atoms with Gasteiger partial charge in [0, 0.05) is 19.1 Å². The van der Waals surface area contributed by atoms with Gasteiger partial charge in [0.05, 0.1) is 12.2 Å². The molecule has 0 aromatic heterocycles. The number of likely N-dealkylation sites (tertiary alicyclic amines) is 1. The number of ether oxygens (including phenoxy) is 1. The third-order valence-corrected chi connectivity index (χ3v) is 3.71. The van der Waals surface area contributed by atoms with Crippen molar-refractivity contribution in [3.8, 4) is 0 Å². The van der Waals surface area contributed by atoms with Crippen molar-refractivity contribution in [1.82, 2.24) is 4.90 Å². The number of nitrogens with zero attached hydrogens (tertiary/aromatic N) is 1. The largest absolute Gasteiger partial charge is 0.375 e. The lowest BCUT2D eigenvalue weighted by Crippen LogP contribution is -2.48. The SMILES string of the molecule is CCC1CCN(CCOC(C)(C)C)C(CN)C1. The van der Waals surface area contributed by atoms with Crippen LogP contribution in [0.4, 0.5) is 0 Å². The molecule has 0 bridgehead atoms. The van der Waals surface area contributed by atoms with Crippen molar-refractivity contribution in [3.05, 3.63) is 0 Å². The lowest BCUT2D eigenvalue weighted by atomic mass is 9.89. The number of nitrogens with two attached hydrogens (primary N) is 1. The normalized spacial score (nSPS) is 27.4. The van der Waals surface area contributed by atoms with E-state index in [1.54, 1.807) is 0 Å². The number of piperidine rings is 1. The molecule has 17 heavy (non-hydrogen) atoms. The minimum atomic E-state index is -0.0278. The molecule has 0 spiro atoms. The maximum absolute atomic E-state index is 5.89. The summed E-state index contributed by atoms with van der Waals surface area (Å²) in [5.41, 5.74) is 5.86. The first-order chi connectivity index (χ1) is 7.96. The van der Waals surface area contributed by atoms with Crippen LogP contribution in [0.25, 0.3) is 0 Å². The summed E-state index contributed by atoms with van der Waals surface area (Å²) in [5.74, 6) is 0.878. The Labute approximate surface area is 107 Å². The molecule has 1 fully saturated rings. The molecule has 1 aliphatic heterocycles. The fourth-order valence-corrected chi connectivity index (χ4v) is 2.56. The summed E-state index contributed by atoms with van der Waals surface area (Å²) in [6.45, 7) is 12.4. The summed E-state index contributed by atoms with van der Waals surface area (Å²) in [4.78, 5) is 2.51. The van der Waals surface area contributed by atoms with Crippen molar-refractivity contribution in [2.45, 2.75) is 58.6 Å².